The van der Waals surface area contributed by atoms with Crippen molar-refractivity contribution in [1.82, 2.24) is 5.43 Å². The first-order valence-corrected chi connectivity index (χ1v) is 10.1. The lowest BCUT2D eigenvalue weighted by molar-refractivity contribution is 0.0955. The second kappa shape index (κ2) is 11.0. The molecule has 1 N–H and O–H groups in total. The molecule has 0 aliphatic heterocycles. The van der Waals surface area contributed by atoms with Crippen LogP contribution in [0.3, 0.4) is 0 Å². The number of hydrazone groups is 1. The Morgan fingerprint density at radius 3 is 2.57 bits per heavy atom. The number of amides is 1. The fourth-order valence-corrected chi connectivity index (χ4v) is 2.80. The summed E-state index contributed by atoms with van der Waals surface area (Å²) in [6.07, 6.45) is 2.50. The molecule has 0 aliphatic carbocycles. The summed E-state index contributed by atoms with van der Waals surface area (Å²) in [5.41, 5.74) is 4.75. The van der Waals surface area contributed by atoms with Crippen molar-refractivity contribution in [2.45, 2.75) is 20.0 Å². The predicted octanol–water partition coefficient (Wildman–Crippen LogP) is 5.47. The Labute approximate surface area is 181 Å². The second-order valence-electron chi connectivity index (χ2n) is 6.52. The minimum Gasteiger partial charge on any atom is -0.494 e. The van der Waals surface area contributed by atoms with E-state index in [9.17, 15) is 4.79 Å². The molecule has 0 atom stereocenters. The van der Waals surface area contributed by atoms with Gasteiger partial charge in [0.25, 0.3) is 5.91 Å². The number of rotatable bonds is 9. The number of nitrogens with zero attached hydrogens (tertiary/aromatic N) is 1. The average molecular weight is 423 g/mol. The highest BCUT2D eigenvalue weighted by Crippen LogP contribution is 2.19. The highest BCUT2D eigenvalue weighted by molar-refractivity contribution is 6.31. The number of benzene rings is 3. The molecule has 30 heavy (non-hydrogen) atoms. The molecule has 3 rings (SSSR count). The van der Waals surface area contributed by atoms with Crippen LogP contribution in [0.4, 0.5) is 0 Å². The maximum absolute atomic E-state index is 12.2. The molecule has 0 radical (unpaired) electrons. The van der Waals surface area contributed by atoms with Crippen LogP contribution in [0.1, 0.15) is 34.8 Å². The number of nitrogens with one attached hydrogen (secondary N) is 1. The summed E-state index contributed by atoms with van der Waals surface area (Å²) in [6, 6.07) is 21.9. The number of carbonyl (C=O) groups is 1. The molecular formula is C24H23ClN2O3. The molecule has 0 aliphatic rings. The van der Waals surface area contributed by atoms with E-state index < -0.39 is 0 Å². The molecule has 154 valence electrons. The number of halogens is 1. The van der Waals surface area contributed by atoms with Crippen molar-refractivity contribution in [3.63, 3.8) is 0 Å². The van der Waals surface area contributed by atoms with Gasteiger partial charge in [-0.05, 0) is 54.4 Å². The number of ether oxygens (including phenoxy) is 2. The highest BCUT2D eigenvalue weighted by Gasteiger charge is 2.05. The van der Waals surface area contributed by atoms with Crippen molar-refractivity contribution in [2.24, 2.45) is 5.10 Å². The maximum atomic E-state index is 12.2. The van der Waals surface area contributed by atoms with Crippen LogP contribution in [0.5, 0.6) is 11.5 Å². The van der Waals surface area contributed by atoms with E-state index in [1.807, 2.05) is 55.5 Å². The first kappa shape index (κ1) is 21.4. The van der Waals surface area contributed by atoms with Crippen molar-refractivity contribution in [3.05, 3.63) is 94.5 Å². The summed E-state index contributed by atoms with van der Waals surface area (Å²) >= 11 is 6.15. The van der Waals surface area contributed by atoms with E-state index >= 15 is 0 Å². The van der Waals surface area contributed by atoms with Gasteiger partial charge in [0, 0.05) is 16.1 Å². The predicted molar refractivity (Wildman–Crippen MR) is 120 cm³/mol. The Morgan fingerprint density at radius 2 is 1.80 bits per heavy atom. The number of hydrogen-bond donors (Lipinski definition) is 1. The molecule has 5 nitrogen and oxygen atoms in total. The first-order chi connectivity index (χ1) is 14.7. The van der Waals surface area contributed by atoms with E-state index in [0.29, 0.717) is 29.5 Å². The zero-order valence-electron chi connectivity index (χ0n) is 16.7. The Bertz CT molecular complexity index is 1000. The standard InChI is InChI=1S/C24H23ClN2O3/c1-2-14-29-21-12-10-19(11-13-21)24(28)27-26-16-18-6-5-8-22(15-18)30-17-20-7-3-4-9-23(20)25/h3-13,15-16H,2,14,17H2,1H3,(H,27,28)/b26-16+. The summed E-state index contributed by atoms with van der Waals surface area (Å²) in [5.74, 6) is 1.14. The SMILES string of the molecule is CCCOc1ccc(C(=O)N/N=C/c2cccc(OCc3ccccc3Cl)c2)cc1. The summed E-state index contributed by atoms with van der Waals surface area (Å²) in [7, 11) is 0. The fraction of sp³-hybridized carbons (Fsp3) is 0.167. The van der Waals surface area contributed by atoms with Crippen LogP contribution in [0.2, 0.25) is 5.02 Å². The van der Waals surface area contributed by atoms with Gasteiger partial charge in [0.05, 0.1) is 12.8 Å². The third-order valence-corrected chi connectivity index (χ3v) is 4.55. The molecule has 0 aromatic heterocycles. The smallest absolute Gasteiger partial charge is 0.271 e. The molecule has 3 aromatic rings. The Morgan fingerprint density at radius 1 is 1.00 bits per heavy atom. The van der Waals surface area contributed by atoms with Crippen LogP contribution in [-0.4, -0.2) is 18.7 Å². The van der Waals surface area contributed by atoms with E-state index in [1.54, 1.807) is 30.5 Å². The molecule has 6 heteroatoms. The van der Waals surface area contributed by atoms with Crippen molar-refractivity contribution < 1.29 is 14.3 Å². The van der Waals surface area contributed by atoms with Gasteiger partial charge in [-0.2, -0.15) is 5.10 Å². The summed E-state index contributed by atoms with van der Waals surface area (Å²) in [4.78, 5) is 12.2. The molecule has 0 saturated heterocycles. The lowest BCUT2D eigenvalue weighted by atomic mass is 10.2. The third-order valence-electron chi connectivity index (χ3n) is 4.18. The molecule has 3 aromatic carbocycles. The van der Waals surface area contributed by atoms with Crippen molar-refractivity contribution in [1.29, 1.82) is 0 Å². The monoisotopic (exact) mass is 422 g/mol. The first-order valence-electron chi connectivity index (χ1n) is 9.68. The molecular weight excluding hydrogens is 400 g/mol. The van der Waals surface area contributed by atoms with Crippen LogP contribution >= 0.6 is 11.6 Å². The minimum absolute atomic E-state index is 0.292. The van der Waals surface area contributed by atoms with Crippen molar-refractivity contribution >= 4 is 23.7 Å². The lowest BCUT2D eigenvalue weighted by Gasteiger charge is -2.08. The molecule has 0 bridgehead atoms. The zero-order chi connectivity index (χ0) is 21.2. The summed E-state index contributed by atoms with van der Waals surface area (Å²) < 4.78 is 11.3. The van der Waals surface area contributed by atoms with E-state index in [1.165, 1.54) is 0 Å². The second-order valence-corrected chi connectivity index (χ2v) is 6.93. The largest absolute Gasteiger partial charge is 0.494 e. The van der Waals surface area contributed by atoms with Gasteiger partial charge in [-0.25, -0.2) is 5.43 Å². The van der Waals surface area contributed by atoms with E-state index in [4.69, 9.17) is 21.1 Å². The Hall–Kier alpha value is -3.31. The van der Waals surface area contributed by atoms with Gasteiger partial charge in [0.2, 0.25) is 0 Å². The number of hydrogen-bond acceptors (Lipinski definition) is 4. The number of carbonyl (C=O) groups excluding carboxylic acids is 1. The van der Waals surface area contributed by atoms with Crippen molar-refractivity contribution in [3.8, 4) is 11.5 Å². The van der Waals surface area contributed by atoms with Crippen LogP contribution in [0.25, 0.3) is 0 Å². The van der Waals surface area contributed by atoms with Gasteiger partial charge < -0.3 is 9.47 Å². The molecule has 0 unspecified atom stereocenters. The van der Waals surface area contributed by atoms with Gasteiger partial charge in [0.15, 0.2) is 0 Å². The van der Waals surface area contributed by atoms with Gasteiger partial charge in [-0.3, -0.25) is 4.79 Å². The van der Waals surface area contributed by atoms with Gasteiger partial charge in [-0.1, -0.05) is 48.9 Å². The van der Waals surface area contributed by atoms with Crippen LogP contribution in [0, 0.1) is 0 Å². The zero-order valence-corrected chi connectivity index (χ0v) is 17.4. The highest BCUT2D eigenvalue weighted by atomic mass is 35.5. The molecule has 1 amide bonds. The van der Waals surface area contributed by atoms with Crippen LogP contribution in [-0.2, 0) is 6.61 Å². The molecule has 0 fully saturated rings. The maximum Gasteiger partial charge on any atom is 0.271 e. The van der Waals surface area contributed by atoms with E-state index in [0.717, 1.165) is 23.3 Å². The van der Waals surface area contributed by atoms with Gasteiger partial charge >= 0.3 is 0 Å². The fourth-order valence-electron chi connectivity index (χ4n) is 2.61. The minimum atomic E-state index is -0.292. The third kappa shape index (κ3) is 6.36. The normalized spacial score (nSPS) is 10.7. The van der Waals surface area contributed by atoms with Gasteiger partial charge in [-0.15, -0.1) is 0 Å². The topological polar surface area (TPSA) is 59.9 Å². The van der Waals surface area contributed by atoms with Crippen molar-refractivity contribution in [2.75, 3.05) is 6.61 Å². The van der Waals surface area contributed by atoms with E-state index in [2.05, 4.69) is 10.5 Å². The molecule has 0 heterocycles. The van der Waals surface area contributed by atoms with E-state index in [-0.39, 0.29) is 5.91 Å². The average Bonchev–Trinajstić information content (AvgIpc) is 2.78. The van der Waals surface area contributed by atoms with Gasteiger partial charge in [0.1, 0.15) is 18.1 Å². The summed E-state index contributed by atoms with van der Waals surface area (Å²) in [5, 5.41) is 4.70. The Kier molecular flexibility index (Phi) is 7.86. The Balaban J connectivity index is 1.54. The summed E-state index contributed by atoms with van der Waals surface area (Å²) in [6.45, 7) is 3.06. The quantitative estimate of drug-likeness (QED) is 0.367. The molecule has 0 saturated carbocycles. The lowest BCUT2D eigenvalue weighted by Crippen LogP contribution is -2.17. The molecule has 0 spiro atoms. The van der Waals surface area contributed by atoms with Crippen LogP contribution in [0.15, 0.2) is 77.9 Å². The van der Waals surface area contributed by atoms with Crippen LogP contribution < -0.4 is 14.9 Å².